The molecule has 0 saturated heterocycles. The number of ether oxygens (including phenoxy) is 1. The van der Waals surface area contributed by atoms with E-state index < -0.39 is 5.97 Å². The fourth-order valence-corrected chi connectivity index (χ4v) is 1.52. The second-order valence-electron chi connectivity index (χ2n) is 3.67. The summed E-state index contributed by atoms with van der Waals surface area (Å²) < 4.78 is 5.62. The molecular formula is C14H12O3. The van der Waals surface area contributed by atoms with Crippen LogP contribution in [0, 0.1) is 6.92 Å². The molecule has 0 amide bonds. The largest absolute Gasteiger partial charge is 0.478 e. The molecule has 3 nitrogen and oxygen atoms in total. The maximum atomic E-state index is 11.0. The minimum absolute atomic E-state index is 0.163. The number of para-hydroxylation sites is 2. The first-order valence-electron chi connectivity index (χ1n) is 5.24. The summed E-state index contributed by atoms with van der Waals surface area (Å²) in [5.74, 6) is 0.0321. The number of carbonyl (C=O) groups is 1. The normalized spacial score (nSPS) is 9.94. The van der Waals surface area contributed by atoms with Crippen LogP contribution in [0.4, 0.5) is 0 Å². The van der Waals surface area contributed by atoms with Gasteiger partial charge in [-0.2, -0.15) is 0 Å². The van der Waals surface area contributed by atoms with Gasteiger partial charge in [0.05, 0.1) is 0 Å². The van der Waals surface area contributed by atoms with Crippen LogP contribution in [0.15, 0.2) is 48.5 Å². The number of carboxylic acids is 1. The molecule has 3 heteroatoms. The number of rotatable bonds is 3. The van der Waals surface area contributed by atoms with E-state index in [4.69, 9.17) is 9.84 Å². The zero-order chi connectivity index (χ0) is 12.3. The summed E-state index contributed by atoms with van der Waals surface area (Å²) in [6.07, 6.45) is 0. The van der Waals surface area contributed by atoms with Gasteiger partial charge in [0.1, 0.15) is 17.1 Å². The zero-order valence-corrected chi connectivity index (χ0v) is 9.38. The summed E-state index contributed by atoms with van der Waals surface area (Å²) in [6.45, 7) is 1.92. The van der Waals surface area contributed by atoms with Crippen molar-refractivity contribution in [3.8, 4) is 11.5 Å². The third kappa shape index (κ3) is 2.45. The third-order valence-electron chi connectivity index (χ3n) is 2.43. The van der Waals surface area contributed by atoms with Gasteiger partial charge in [-0.25, -0.2) is 4.79 Å². The molecule has 0 heterocycles. The molecule has 1 N–H and O–H groups in total. The highest BCUT2D eigenvalue weighted by molar-refractivity contribution is 5.90. The van der Waals surface area contributed by atoms with E-state index in [1.54, 1.807) is 18.2 Å². The lowest BCUT2D eigenvalue weighted by molar-refractivity contribution is 0.0694. The molecule has 0 atom stereocenters. The highest BCUT2D eigenvalue weighted by Gasteiger charge is 2.11. The second-order valence-corrected chi connectivity index (χ2v) is 3.67. The van der Waals surface area contributed by atoms with Crippen molar-refractivity contribution in [3.05, 3.63) is 59.7 Å². The van der Waals surface area contributed by atoms with Crippen molar-refractivity contribution in [1.29, 1.82) is 0 Å². The van der Waals surface area contributed by atoms with Gasteiger partial charge in [-0.3, -0.25) is 0 Å². The number of aryl methyl sites for hydroxylation is 1. The summed E-state index contributed by atoms with van der Waals surface area (Å²) in [5.41, 5.74) is 1.13. The van der Waals surface area contributed by atoms with Crippen LogP contribution in [0.2, 0.25) is 0 Å². The molecule has 0 aliphatic heterocycles. The molecule has 0 aliphatic rings. The monoisotopic (exact) mass is 228 g/mol. The molecule has 0 spiro atoms. The minimum atomic E-state index is -0.991. The molecule has 17 heavy (non-hydrogen) atoms. The predicted octanol–water partition coefficient (Wildman–Crippen LogP) is 3.49. The Morgan fingerprint density at radius 1 is 1.00 bits per heavy atom. The molecule has 0 saturated carbocycles. The predicted molar refractivity (Wildman–Crippen MR) is 64.7 cm³/mol. The smallest absolute Gasteiger partial charge is 0.339 e. The molecule has 0 radical (unpaired) electrons. The Hall–Kier alpha value is -2.29. The number of benzene rings is 2. The molecule has 0 aliphatic carbocycles. The van der Waals surface area contributed by atoms with Crippen LogP contribution in [0.5, 0.6) is 11.5 Å². The summed E-state index contributed by atoms with van der Waals surface area (Å²) in [6, 6.07) is 14.1. The lowest BCUT2D eigenvalue weighted by atomic mass is 10.2. The lowest BCUT2D eigenvalue weighted by Gasteiger charge is -2.10. The molecule has 0 unspecified atom stereocenters. The van der Waals surface area contributed by atoms with Gasteiger partial charge in [0.25, 0.3) is 0 Å². The van der Waals surface area contributed by atoms with E-state index in [1.165, 1.54) is 6.07 Å². The van der Waals surface area contributed by atoms with Crippen molar-refractivity contribution in [2.45, 2.75) is 6.92 Å². The number of carboxylic acid groups (broad SMARTS) is 1. The van der Waals surface area contributed by atoms with Gasteiger partial charge in [-0.1, -0.05) is 30.3 Å². The van der Waals surface area contributed by atoms with E-state index in [0.717, 1.165) is 5.56 Å². The van der Waals surface area contributed by atoms with Crippen molar-refractivity contribution in [1.82, 2.24) is 0 Å². The van der Waals surface area contributed by atoms with E-state index in [2.05, 4.69) is 0 Å². The van der Waals surface area contributed by atoms with Crippen LogP contribution in [-0.4, -0.2) is 11.1 Å². The van der Waals surface area contributed by atoms with E-state index in [9.17, 15) is 4.79 Å². The van der Waals surface area contributed by atoms with Gasteiger partial charge in [-0.15, -0.1) is 0 Å². The van der Waals surface area contributed by atoms with Crippen molar-refractivity contribution in [2.24, 2.45) is 0 Å². The lowest BCUT2D eigenvalue weighted by Crippen LogP contribution is -1.99. The molecule has 86 valence electrons. The first kappa shape index (κ1) is 11.2. The van der Waals surface area contributed by atoms with Gasteiger partial charge in [0.2, 0.25) is 0 Å². The van der Waals surface area contributed by atoms with Crippen LogP contribution in [0.3, 0.4) is 0 Å². The van der Waals surface area contributed by atoms with Crippen LogP contribution in [-0.2, 0) is 0 Å². The van der Waals surface area contributed by atoms with Gasteiger partial charge in [0.15, 0.2) is 0 Å². The van der Waals surface area contributed by atoms with E-state index in [0.29, 0.717) is 11.5 Å². The first-order chi connectivity index (χ1) is 8.18. The minimum Gasteiger partial charge on any atom is -0.478 e. The fraction of sp³-hybridized carbons (Fsp3) is 0.0714. The van der Waals surface area contributed by atoms with E-state index >= 15 is 0 Å². The maximum Gasteiger partial charge on any atom is 0.339 e. The summed E-state index contributed by atoms with van der Waals surface area (Å²) >= 11 is 0. The molecular weight excluding hydrogens is 216 g/mol. The first-order valence-corrected chi connectivity index (χ1v) is 5.24. The molecule has 0 aromatic heterocycles. The Morgan fingerprint density at radius 2 is 1.59 bits per heavy atom. The standard InChI is InChI=1S/C14H12O3/c1-10-6-2-4-8-12(10)17-13-9-5-3-7-11(13)14(15)16/h2-9H,1H3,(H,15,16). The molecule has 2 aromatic rings. The molecule has 0 fully saturated rings. The Labute approximate surface area is 99.3 Å². The van der Waals surface area contributed by atoms with Crippen molar-refractivity contribution < 1.29 is 14.6 Å². The van der Waals surface area contributed by atoms with Gasteiger partial charge in [0, 0.05) is 0 Å². The summed E-state index contributed by atoms with van der Waals surface area (Å²) in [4.78, 5) is 11.0. The van der Waals surface area contributed by atoms with Crippen molar-refractivity contribution >= 4 is 5.97 Å². The maximum absolute atomic E-state index is 11.0. The Balaban J connectivity index is 2.37. The highest BCUT2D eigenvalue weighted by atomic mass is 16.5. The Kier molecular flexibility index (Phi) is 3.10. The molecule has 0 bridgehead atoms. The number of hydrogen-bond donors (Lipinski definition) is 1. The quantitative estimate of drug-likeness (QED) is 0.874. The Morgan fingerprint density at radius 3 is 2.24 bits per heavy atom. The molecule has 2 rings (SSSR count). The van der Waals surface area contributed by atoms with Gasteiger partial charge >= 0.3 is 5.97 Å². The van der Waals surface area contributed by atoms with Crippen molar-refractivity contribution in [2.75, 3.05) is 0 Å². The second kappa shape index (κ2) is 4.70. The number of aromatic carboxylic acids is 1. The van der Waals surface area contributed by atoms with Crippen LogP contribution in [0.1, 0.15) is 15.9 Å². The van der Waals surface area contributed by atoms with E-state index in [1.807, 2.05) is 31.2 Å². The van der Waals surface area contributed by atoms with Crippen LogP contribution >= 0.6 is 0 Å². The third-order valence-corrected chi connectivity index (χ3v) is 2.43. The Bertz CT molecular complexity index is 547. The van der Waals surface area contributed by atoms with Gasteiger partial charge in [-0.05, 0) is 30.7 Å². The average Bonchev–Trinajstić information content (AvgIpc) is 2.32. The topological polar surface area (TPSA) is 46.5 Å². The van der Waals surface area contributed by atoms with Gasteiger partial charge < -0.3 is 9.84 Å². The highest BCUT2D eigenvalue weighted by Crippen LogP contribution is 2.27. The zero-order valence-electron chi connectivity index (χ0n) is 9.38. The van der Waals surface area contributed by atoms with Crippen molar-refractivity contribution in [3.63, 3.8) is 0 Å². The fourth-order valence-electron chi connectivity index (χ4n) is 1.52. The SMILES string of the molecule is Cc1ccccc1Oc1ccccc1C(=O)O. The molecule has 2 aromatic carbocycles. The van der Waals surface area contributed by atoms with E-state index in [-0.39, 0.29) is 5.56 Å². The van der Waals surface area contributed by atoms with Crippen LogP contribution in [0.25, 0.3) is 0 Å². The summed E-state index contributed by atoms with van der Waals surface area (Å²) in [7, 11) is 0. The average molecular weight is 228 g/mol. The number of hydrogen-bond acceptors (Lipinski definition) is 2. The van der Waals surface area contributed by atoms with Crippen LogP contribution < -0.4 is 4.74 Å². The summed E-state index contributed by atoms with van der Waals surface area (Å²) in [5, 5.41) is 9.03.